The molecule has 0 amide bonds. The first-order chi connectivity index (χ1) is 12.1. The van der Waals surface area contributed by atoms with Gasteiger partial charge < -0.3 is 20.0 Å². The van der Waals surface area contributed by atoms with Gasteiger partial charge in [-0.05, 0) is 52.2 Å². The van der Waals surface area contributed by atoms with Crippen LogP contribution in [-0.2, 0) is 9.31 Å². The van der Waals surface area contributed by atoms with Crippen LogP contribution in [0, 0.1) is 18.3 Å². The Balaban J connectivity index is 2.12. The van der Waals surface area contributed by atoms with E-state index in [4.69, 9.17) is 15.0 Å². The van der Waals surface area contributed by atoms with Crippen LogP contribution in [0.3, 0.4) is 0 Å². The Kier molecular flexibility index (Phi) is 4.22. The van der Waals surface area contributed by atoms with Gasteiger partial charge >= 0.3 is 7.12 Å². The zero-order valence-corrected chi connectivity index (χ0v) is 15.6. The number of rotatable bonds is 2. The van der Waals surface area contributed by atoms with E-state index in [2.05, 4.69) is 4.98 Å². The van der Waals surface area contributed by atoms with Crippen molar-refractivity contribution in [2.45, 2.75) is 45.8 Å². The summed E-state index contributed by atoms with van der Waals surface area (Å²) >= 11 is 0. The molecule has 1 saturated heterocycles. The molecule has 1 aliphatic rings. The molecule has 26 heavy (non-hydrogen) atoms. The van der Waals surface area contributed by atoms with Crippen molar-refractivity contribution in [1.29, 1.82) is 5.26 Å². The molecule has 0 bridgehead atoms. The van der Waals surface area contributed by atoms with Crippen molar-refractivity contribution in [2.24, 2.45) is 0 Å². The zero-order valence-electron chi connectivity index (χ0n) is 15.6. The lowest BCUT2D eigenvalue weighted by molar-refractivity contribution is 0.00578. The average Bonchev–Trinajstić information content (AvgIpc) is 2.75. The maximum Gasteiger partial charge on any atom is 0.494 e. The minimum atomic E-state index is -0.548. The summed E-state index contributed by atoms with van der Waals surface area (Å²) in [6.07, 6.45) is 0. The van der Waals surface area contributed by atoms with Gasteiger partial charge in [-0.3, -0.25) is 4.79 Å². The van der Waals surface area contributed by atoms with Crippen LogP contribution in [0.1, 0.15) is 39.0 Å². The molecule has 2 heterocycles. The molecule has 3 N–H and O–H groups in total. The summed E-state index contributed by atoms with van der Waals surface area (Å²) in [5.74, 6) is 0. The minimum Gasteiger partial charge on any atom is -0.399 e. The van der Waals surface area contributed by atoms with E-state index in [1.807, 2.05) is 45.9 Å². The number of benzene rings is 1. The number of pyridine rings is 1. The normalized spacial score (nSPS) is 17.9. The number of hydrogen-bond acceptors (Lipinski definition) is 5. The van der Waals surface area contributed by atoms with Gasteiger partial charge in [0.25, 0.3) is 5.56 Å². The second-order valence-electron chi connectivity index (χ2n) is 7.62. The van der Waals surface area contributed by atoms with Gasteiger partial charge in [0.15, 0.2) is 0 Å². The number of nitriles is 1. The third-order valence-electron chi connectivity index (χ3n) is 5.17. The third kappa shape index (κ3) is 2.92. The van der Waals surface area contributed by atoms with Gasteiger partial charge in [-0.15, -0.1) is 0 Å². The lowest BCUT2D eigenvalue weighted by Gasteiger charge is -2.32. The number of anilines is 1. The van der Waals surface area contributed by atoms with E-state index >= 15 is 0 Å². The summed E-state index contributed by atoms with van der Waals surface area (Å²) in [6.45, 7) is 9.71. The largest absolute Gasteiger partial charge is 0.494 e. The average molecular weight is 351 g/mol. The topological polar surface area (TPSA) is 101 Å². The molecule has 0 radical (unpaired) electrons. The monoisotopic (exact) mass is 351 g/mol. The van der Waals surface area contributed by atoms with E-state index in [-0.39, 0.29) is 5.56 Å². The number of aromatic amines is 1. The van der Waals surface area contributed by atoms with Gasteiger partial charge in [-0.1, -0.05) is 12.1 Å². The fraction of sp³-hybridized carbons (Fsp3) is 0.368. The summed E-state index contributed by atoms with van der Waals surface area (Å²) < 4.78 is 12.2. The van der Waals surface area contributed by atoms with E-state index in [0.717, 1.165) is 5.46 Å². The highest BCUT2D eigenvalue weighted by Gasteiger charge is 2.51. The maximum absolute atomic E-state index is 12.1. The number of nitrogens with one attached hydrogen (secondary N) is 1. The lowest BCUT2D eigenvalue weighted by Crippen LogP contribution is -2.41. The molecule has 0 unspecified atom stereocenters. The first kappa shape index (κ1) is 18.2. The second-order valence-corrected chi connectivity index (χ2v) is 7.62. The molecular weight excluding hydrogens is 329 g/mol. The molecule has 0 atom stereocenters. The van der Waals surface area contributed by atoms with E-state index in [9.17, 15) is 10.1 Å². The number of hydrogen-bond donors (Lipinski definition) is 2. The highest BCUT2D eigenvalue weighted by Crippen LogP contribution is 2.37. The Bertz CT molecular complexity index is 957. The molecule has 0 saturated carbocycles. The first-order valence-electron chi connectivity index (χ1n) is 8.45. The van der Waals surface area contributed by atoms with Gasteiger partial charge in [0.1, 0.15) is 11.6 Å². The predicted octanol–water partition coefficient (Wildman–Crippen LogP) is 2.10. The SMILES string of the molecule is Cc1cc(-c2cc(B3OC(C)(C)C(C)(C)O3)ccc2N)c(C#N)c(=O)[nH]1. The number of H-pyrrole nitrogens is 1. The molecule has 1 aromatic heterocycles. The van der Waals surface area contributed by atoms with Crippen LogP contribution in [0.25, 0.3) is 11.1 Å². The number of nitrogens with zero attached hydrogens (tertiary/aromatic N) is 1. The maximum atomic E-state index is 12.1. The highest BCUT2D eigenvalue weighted by atomic mass is 16.7. The van der Waals surface area contributed by atoms with Crippen LogP contribution in [0.5, 0.6) is 0 Å². The number of nitrogens with two attached hydrogens (primary N) is 1. The number of aryl methyl sites for hydroxylation is 1. The first-order valence-corrected chi connectivity index (χ1v) is 8.45. The van der Waals surface area contributed by atoms with Crippen molar-refractivity contribution >= 4 is 18.3 Å². The van der Waals surface area contributed by atoms with Crippen molar-refractivity contribution in [3.8, 4) is 17.2 Å². The molecule has 2 aromatic rings. The van der Waals surface area contributed by atoms with E-state index < -0.39 is 23.9 Å². The fourth-order valence-electron chi connectivity index (χ4n) is 2.94. The van der Waals surface area contributed by atoms with Crippen molar-refractivity contribution in [1.82, 2.24) is 4.98 Å². The van der Waals surface area contributed by atoms with Crippen molar-refractivity contribution in [3.63, 3.8) is 0 Å². The Morgan fingerprint density at radius 1 is 1.12 bits per heavy atom. The summed E-state index contributed by atoms with van der Waals surface area (Å²) in [5.41, 5.74) is 7.87. The van der Waals surface area contributed by atoms with Gasteiger partial charge in [0, 0.05) is 22.5 Å². The molecule has 1 aliphatic heterocycles. The molecular formula is C19H22BN3O3. The number of nitrogen functional groups attached to an aromatic ring is 1. The molecule has 7 heteroatoms. The molecule has 0 aliphatic carbocycles. The summed E-state index contributed by atoms with van der Waals surface area (Å²) in [6, 6.07) is 9.13. The van der Waals surface area contributed by atoms with Crippen molar-refractivity contribution in [3.05, 3.63) is 45.9 Å². The quantitative estimate of drug-likeness (QED) is 0.637. The second kappa shape index (κ2) is 6.01. The zero-order chi connectivity index (χ0) is 19.3. The van der Waals surface area contributed by atoms with Crippen LogP contribution in [0.4, 0.5) is 5.69 Å². The fourth-order valence-corrected chi connectivity index (χ4v) is 2.94. The molecule has 3 rings (SSSR count). The summed E-state index contributed by atoms with van der Waals surface area (Å²) in [7, 11) is -0.548. The predicted molar refractivity (Wildman–Crippen MR) is 102 cm³/mol. The molecule has 1 aromatic carbocycles. The Morgan fingerprint density at radius 2 is 1.73 bits per heavy atom. The van der Waals surface area contributed by atoms with E-state index in [0.29, 0.717) is 22.5 Å². The highest BCUT2D eigenvalue weighted by molar-refractivity contribution is 6.62. The van der Waals surface area contributed by atoms with Crippen LogP contribution in [-0.4, -0.2) is 23.3 Å². The van der Waals surface area contributed by atoms with Crippen molar-refractivity contribution < 1.29 is 9.31 Å². The Hall–Kier alpha value is -2.56. The van der Waals surface area contributed by atoms with Gasteiger partial charge in [0.05, 0.1) is 11.2 Å². The Morgan fingerprint density at radius 3 is 2.31 bits per heavy atom. The molecule has 1 fully saturated rings. The number of aromatic nitrogens is 1. The van der Waals surface area contributed by atoms with Gasteiger partial charge in [-0.25, -0.2) is 0 Å². The van der Waals surface area contributed by atoms with Crippen LogP contribution in [0.15, 0.2) is 29.1 Å². The molecule has 6 nitrogen and oxygen atoms in total. The Labute approximate surface area is 153 Å². The molecule has 134 valence electrons. The van der Waals surface area contributed by atoms with E-state index in [1.54, 1.807) is 19.1 Å². The smallest absolute Gasteiger partial charge is 0.399 e. The van der Waals surface area contributed by atoms with Crippen LogP contribution in [0.2, 0.25) is 0 Å². The van der Waals surface area contributed by atoms with Gasteiger partial charge in [-0.2, -0.15) is 5.26 Å². The van der Waals surface area contributed by atoms with Crippen molar-refractivity contribution in [2.75, 3.05) is 5.73 Å². The van der Waals surface area contributed by atoms with Crippen LogP contribution >= 0.6 is 0 Å². The summed E-state index contributed by atoms with van der Waals surface area (Å²) in [4.78, 5) is 14.8. The van der Waals surface area contributed by atoms with Gasteiger partial charge in [0.2, 0.25) is 0 Å². The van der Waals surface area contributed by atoms with E-state index in [1.165, 1.54) is 0 Å². The summed E-state index contributed by atoms with van der Waals surface area (Å²) in [5, 5.41) is 9.40. The standard InChI is InChI=1S/C19H22BN3O3/c1-11-8-13(15(10-21)17(24)23-11)14-9-12(6-7-16(14)22)20-25-18(2,3)19(4,5)26-20/h6-9H,22H2,1-5H3,(H,23,24). The lowest BCUT2D eigenvalue weighted by atomic mass is 9.77. The van der Waals surface area contributed by atoms with Crippen LogP contribution < -0.4 is 16.8 Å². The minimum absolute atomic E-state index is 0.0355. The third-order valence-corrected chi connectivity index (χ3v) is 5.17. The molecule has 0 spiro atoms.